The van der Waals surface area contributed by atoms with Gasteiger partial charge in [0.1, 0.15) is 0 Å². The molecule has 2 aliphatic rings. The van der Waals surface area contributed by atoms with E-state index < -0.39 is 0 Å². The fourth-order valence-electron chi connectivity index (χ4n) is 2.54. The molecule has 3 rings (SSSR count). The molecule has 1 saturated heterocycles. The summed E-state index contributed by atoms with van der Waals surface area (Å²) in [7, 11) is 0. The SMILES string of the molecule is C1=CCc2cc(N3CCNCC3)ccc2C1. The van der Waals surface area contributed by atoms with Crippen molar-refractivity contribution in [3.05, 3.63) is 41.5 Å². The molecule has 1 aliphatic heterocycles. The molecular formula is C14H18N2. The predicted octanol–water partition coefficient (Wildman–Crippen LogP) is 1.75. The van der Waals surface area contributed by atoms with Crippen molar-refractivity contribution in [2.24, 2.45) is 0 Å². The number of hydrogen-bond acceptors (Lipinski definition) is 2. The summed E-state index contributed by atoms with van der Waals surface area (Å²) in [4.78, 5) is 2.48. The lowest BCUT2D eigenvalue weighted by Gasteiger charge is -2.30. The molecule has 1 aliphatic carbocycles. The third kappa shape index (κ3) is 1.85. The van der Waals surface area contributed by atoms with E-state index in [-0.39, 0.29) is 0 Å². The standard InChI is InChI=1S/C14H18N2/c1-2-4-13-11-14(6-5-12(13)3-1)16-9-7-15-8-10-16/h1-2,5-6,11,15H,3-4,7-10H2. The number of nitrogens with one attached hydrogen (secondary N) is 1. The number of allylic oxidation sites excluding steroid dienone is 2. The Morgan fingerprint density at radius 1 is 0.938 bits per heavy atom. The van der Waals surface area contributed by atoms with E-state index in [0.29, 0.717) is 0 Å². The average Bonchev–Trinajstić information content (AvgIpc) is 2.39. The first kappa shape index (κ1) is 9.91. The molecule has 0 saturated carbocycles. The molecule has 2 heteroatoms. The highest BCUT2D eigenvalue weighted by Crippen LogP contribution is 2.23. The lowest BCUT2D eigenvalue weighted by Crippen LogP contribution is -2.43. The van der Waals surface area contributed by atoms with Gasteiger partial charge in [0.15, 0.2) is 0 Å². The van der Waals surface area contributed by atoms with E-state index in [1.165, 1.54) is 16.8 Å². The summed E-state index contributed by atoms with van der Waals surface area (Å²) in [6.45, 7) is 4.48. The van der Waals surface area contributed by atoms with Crippen LogP contribution in [-0.4, -0.2) is 26.2 Å². The van der Waals surface area contributed by atoms with Crippen molar-refractivity contribution in [2.75, 3.05) is 31.1 Å². The molecule has 0 radical (unpaired) electrons. The second-order valence-corrected chi connectivity index (χ2v) is 4.57. The molecule has 0 spiro atoms. The van der Waals surface area contributed by atoms with Crippen molar-refractivity contribution in [1.82, 2.24) is 5.32 Å². The van der Waals surface area contributed by atoms with Crippen LogP contribution in [0.4, 0.5) is 5.69 Å². The van der Waals surface area contributed by atoms with Gasteiger partial charge < -0.3 is 10.2 Å². The lowest BCUT2D eigenvalue weighted by molar-refractivity contribution is 0.589. The van der Waals surface area contributed by atoms with Gasteiger partial charge in [-0.25, -0.2) is 0 Å². The zero-order valence-electron chi connectivity index (χ0n) is 9.58. The maximum Gasteiger partial charge on any atom is 0.0370 e. The normalized spacial score (nSPS) is 19.6. The Kier molecular flexibility index (Phi) is 2.66. The largest absolute Gasteiger partial charge is 0.369 e. The second-order valence-electron chi connectivity index (χ2n) is 4.57. The van der Waals surface area contributed by atoms with E-state index in [4.69, 9.17) is 0 Å². The fraction of sp³-hybridized carbons (Fsp3) is 0.429. The number of fused-ring (bicyclic) bond motifs is 1. The van der Waals surface area contributed by atoms with Gasteiger partial charge in [0.2, 0.25) is 0 Å². The first-order chi connectivity index (χ1) is 7.93. The minimum absolute atomic E-state index is 1.11. The predicted molar refractivity (Wildman–Crippen MR) is 68.1 cm³/mol. The van der Waals surface area contributed by atoms with Gasteiger partial charge >= 0.3 is 0 Å². The molecular weight excluding hydrogens is 196 g/mol. The van der Waals surface area contributed by atoms with Gasteiger partial charge in [-0.2, -0.15) is 0 Å². The van der Waals surface area contributed by atoms with Gasteiger partial charge in [0.25, 0.3) is 0 Å². The van der Waals surface area contributed by atoms with E-state index in [2.05, 4.69) is 40.6 Å². The number of rotatable bonds is 1. The molecule has 16 heavy (non-hydrogen) atoms. The average molecular weight is 214 g/mol. The number of nitrogens with zero attached hydrogens (tertiary/aromatic N) is 1. The van der Waals surface area contributed by atoms with Crippen molar-refractivity contribution in [3.63, 3.8) is 0 Å². The Morgan fingerprint density at radius 2 is 1.69 bits per heavy atom. The molecule has 84 valence electrons. The molecule has 1 aromatic rings. The minimum atomic E-state index is 1.11. The molecule has 2 nitrogen and oxygen atoms in total. The molecule has 1 N–H and O–H groups in total. The van der Waals surface area contributed by atoms with Crippen LogP contribution in [0.5, 0.6) is 0 Å². The first-order valence-corrected chi connectivity index (χ1v) is 6.16. The molecule has 0 aromatic heterocycles. The van der Waals surface area contributed by atoms with Crippen LogP contribution in [-0.2, 0) is 12.8 Å². The topological polar surface area (TPSA) is 15.3 Å². The highest BCUT2D eigenvalue weighted by Gasteiger charge is 2.12. The number of benzene rings is 1. The maximum absolute atomic E-state index is 3.39. The molecule has 1 fully saturated rings. The quantitative estimate of drug-likeness (QED) is 0.717. The number of hydrogen-bond donors (Lipinski definition) is 1. The summed E-state index contributed by atoms with van der Waals surface area (Å²) >= 11 is 0. The monoisotopic (exact) mass is 214 g/mol. The molecule has 0 amide bonds. The lowest BCUT2D eigenvalue weighted by atomic mass is 9.96. The van der Waals surface area contributed by atoms with Crippen molar-refractivity contribution >= 4 is 5.69 Å². The third-order valence-electron chi connectivity index (χ3n) is 3.51. The molecule has 0 unspecified atom stereocenters. The fourth-order valence-corrected chi connectivity index (χ4v) is 2.54. The van der Waals surface area contributed by atoms with Gasteiger partial charge in [0, 0.05) is 31.9 Å². The zero-order valence-corrected chi connectivity index (χ0v) is 9.58. The molecule has 0 atom stereocenters. The van der Waals surface area contributed by atoms with Crippen molar-refractivity contribution in [1.29, 1.82) is 0 Å². The number of piperazine rings is 1. The molecule has 1 heterocycles. The Labute approximate surface area is 97.0 Å². The zero-order chi connectivity index (χ0) is 10.8. The van der Waals surface area contributed by atoms with E-state index in [9.17, 15) is 0 Å². The minimum Gasteiger partial charge on any atom is -0.369 e. The van der Waals surface area contributed by atoms with Crippen LogP contribution >= 0.6 is 0 Å². The molecule has 1 aromatic carbocycles. The Balaban J connectivity index is 1.85. The van der Waals surface area contributed by atoms with E-state index in [1.807, 2.05) is 0 Å². The summed E-state index contributed by atoms with van der Waals surface area (Å²) in [5.41, 5.74) is 4.41. The molecule has 0 bridgehead atoms. The summed E-state index contributed by atoms with van der Waals surface area (Å²) in [5.74, 6) is 0. The first-order valence-electron chi connectivity index (χ1n) is 6.16. The van der Waals surface area contributed by atoms with Crippen molar-refractivity contribution < 1.29 is 0 Å². The summed E-state index contributed by atoms with van der Waals surface area (Å²) in [6.07, 6.45) is 6.77. The van der Waals surface area contributed by atoms with E-state index in [1.54, 1.807) is 0 Å². The van der Waals surface area contributed by atoms with Crippen LogP contribution in [0.15, 0.2) is 30.4 Å². The Morgan fingerprint density at radius 3 is 2.50 bits per heavy atom. The third-order valence-corrected chi connectivity index (χ3v) is 3.51. The van der Waals surface area contributed by atoms with Crippen LogP contribution in [0.2, 0.25) is 0 Å². The summed E-state index contributed by atoms with van der Waals surface area (Å²) < 4.78 is 0. The van der Waals surface area contributed by atoms with Gasteiger partial charge in [0.05, 0.1) is 0 Å². The van der Waals surface area contributed by atoms with Gasteiger partial charge in [-0.15, -0.1) is 0 Å². The second kappa shape index (κ2) is 4.30. The Hall–Kier alpha value is -1.28. The summed E-state index contributed by atoms with van der Waals surface area (Å²) in [6, 6.07) is 6.96. The van der Waals surface area contributed by atoms with E-state index in [0.717, 1.165) is 39.0 Å². The van der Waals surface area contributed by atoms with Crippen LogP contribution in [0.1, 0.15) is 11.1 Å². The van der Waals surface area contributed by atoms with Crippen LogP contribution in [0.3, 0.4) is 0 Å². The van der Waals surface area contributed by atoms with Crippen LogP contribution in [0.25, 0.3) is 0 Å². The highest BCUT2D eigenvalue weighted by atomic mass is 15.2. The number of anilines is 1. The van der Waals surface area contributed by atoms with Crippen LogP contribution < -0.4 is 10.2 Å². The highest BCUT2D eigenvalue weighted by molar-refractivity contribution is 5.53. The smallest absolute Gasteiger partial charge is 0.0370 e. The summed E-state index contributed by atoms with van der Waals surface area (Å²) in [5, 5.41) is 3.39. The van der Waals surface area contributed by atoms with E-state index >= 15 is 0 Å². The van der Waals surface area contributed by atoms with Crippen LogP contribution in [0, 0.1) is 0 Å². The van der Waals surface area contributed by atoms with Gasteiger partial charge in [-0.05, 0) is 36.1 Å². The maximum atomic E-state index is 3.39. The Bertz CT molecular complexity index is 403. The van der Waals surface area contributed by atoms with Gasteiger partial charge in [-0.1, -0.05) is 18.2 Å². The van der Waals surface area contributed by atoms with Gasteiger partial charge in [-0.3, -0.25) is 0 Å². The van der Waals surface area contributed by atoms with Crippen molar-refractivity contribution in [3.8, 4) is 0 Å². The van der Waals surface area contributed by atoms with Crippen molar-refractivity contribution in [2.45, 2.75) is 12.8 Å².